The van der Waals surface area contributed by atoms with Crippen LogP contribution in [0.4, 0.5) is 0 Å². The number of hydrogen-bond acceptors (Lipinski definition) is 6. The number of carbonyl (C=O) groups is 2. The van der Waals surface area contributed by atoms with Crippen LogP contribution >= 0.6 is 0 Å². The highest BCUT2D eigenvalue weighted by atomic mass is 16.5. The van der Waals surface area contributed by atoms with E-state index in [1.807, 2.05) is 19.1 Å². The first-order valence-electron chi connectivity index (χ1n) is 9.66. The molecule has 1 aromatic carbocycles. The first-order chi connectivity index (χ1) is 13.9. The molecule has 29 heavy (non-hydrogen) atoms. The number of aryl methyl sites for hydroxylation is 1. The molecule has 1 fully saturated rings. The van der Waals surface area contributed by atoms with Crippen molar-refractivity contribution in [2.45, 2.75) is 26.7 Å². The summed E-state index contributed by atoms with van der Waals surface area (Å²) in [6.45, 7) is 4.77. The minimum absolute atomic E-state index is 0.0391. The van der Waals surface area contributed by atoms with E-state index >= 15 is 0 Å². The van der Waals surface area contributed by atoms with Gasteiger partial charge in [0.15, 0.2) is 11.4 Å². The average molecular weight is 399 g/mol. The van der Waals surface area contributed by atoms with Crippen molar-refractivity contribution >= 4 is 11.9 Å². The number of esters is 1. The second kappa shape index (κ2) is 8.89. The van der Waals surface area contributed by atoms with Crippen molar-refractivity contribution in [3.63, 3.8) is 0 Å². The van der Waals surface area contributed by atoms with E-state index in [4.69, 9.17) is 9.47 Å². The molecule has 154 valence electrons. The minimum atomic E-state index is -0.398. The topological polar surface area (TPSA) is 90.7 Å². The molecule has 0 unspecified atom stereocenters. The molecular weight excluding hydrogens is 374 g/mol. The lowest BCUT2D eigenvalue weighted by atomic mass is 9.98. The van der Waals surface area contributed by atoms with Gasteiger partial charge in [-0.25, -0.2) is 0 Å². The fourth-order valence-electron chi connectivity index (χ4n) is 3.38. The lowest BCUT2D eigenvalue weighted by Gasteiger charge is -2.31. The molecule has 0 saturated carbocycles. The molecule has 8 nitrogen and oxygen atoms in total. The van der Waals surface area contributed by atoms with Crippen molar-refractivity contribution < 1.29 is 19.1 Å². The van der Waals surface area contributed by atoms with Gasteiger partial charge in [0.1, 0.15) is 0 Å². The highest BCUT2D eigenvalue weighted by Crippen LogP contribution is 2.22. The fraction of sp³-hybridized carbons (Fsp3) is 0.429. The van der Waals surface area contributed by atoms with Gasteiger partial charge in [0, 0.05) is 13.1 Å². The van der Waals surface area contributed by atoms with E-state index in [-0.39, 0.29) is 35.8 Å². The number of hydrogen-bond donors (Lipinski definition) is 0. The molecule has 1 amide bonds. The van der Waals surface area contributed by atoms with Gasteiger partial charge in [0.2, 0.25) is 0 Å². The monoisotopic (exact) mass is 399 g/mol. The fourth-order valence-corrected chi connectivity index (χ4v) is 3.38. The number of benzene rings is 1. The highest BCUT2D eigenvalue weighted by molar-refractivity contribution is 5.95. The van der Waals surface area contributed by atoms with Crippen molar-refractivity contribution in [1.29, 1.82) is 0 Å². The smallest absolute Gasteiger partial charge is 0.310 e. The van der Waals surface area contributed by atoms with Gasteiger partial charge in [0.05, 0.1) is 31.4 Å². The molecule has 1 aromatic heterocycles. The van der Waals surface area contributed by atoms with E-state index in [1.54, 1.807) is 24.0 Å². The van der Waals surface area contributed by atoms with Crippen molar-refractivity contribution in [2.75, 3.05) is 26.8 Å². The van der Waals surface area contributed by atoms with Gasteiger partial charge >= 0.3 is 5.97 Å². The van der Waals surface area contributed by atoms with E-state index in [0.717, 1.165) is 5.56 Å². The van der Waals surface area contributed by atoms with Crippen LogP contribution < -0.4 is 10.3 Å². The number of carbonyl (C=O) groups excluding carboxylic acids is 2. The second-order valence-corrected chi connectivity index (χ2v) is 6.99. The largest absolute Gasteiger partial charge is 0.494 e. The third kappa shape index (κ3) is 4.47. The summed E-state index contributed by atoms with van der Waals surface area (Å²) in [5.41, 5.74) is 1.24. The summed E-state index contributed by atoms with van der Waals surface area (Å²) >= 11 is 0. The highest BCUT2D eigenvalue weighted by Gasteiger charge is 2.32. The van der Waals surface area contributed by atoms with Crippen LogP contribution in [0.5, 0.6) is 5.75 Å². The molecule has 0 spiro atoms. The van der Waals surface area contributed by atoms with E-state index in [9.17, 15) is 14.4 Å². The van der Waals surface area contributed by atoms with Crippen LogP contribution in [-0.2, 0) is 9.53 Å². The molecule has 0 bridgehead atoms. The molecule has 8 heteroatoms. The third-order valence-electron chi connectivity index (χ3n) is 4.93. The van der Waals surface area contributed by atoms with Gasteiger partial charge in [-0.2, -0.15) is 9.78 Å². The Morgan fingerprint density at radius 1 is 1.24 bits per heavy atom. The van der Waals surface area contributed by atoms with Gasteiger partial charge in [-0.1, -0.05) is 17.7 Å². The predicted octanol–water partition coefficient (Wildman–Crippen LogP) is 1.96. The summed E-state index contributed by atoms with van der Waals surface area (Å²) in [4.78, 5) is 39.3. The summed E-state index contributed by atoms with van der Waals surface area (Å²) < 4.78 is 11.5. The van der Waals surface area contributed by atoms with Crippen LogP contribution in [0.15, 0.2) is 35.1 Å². The Kier molecular flexibility index (Phi) is 6.31. The first-order valence-corrected chi connectivity index (χ1v) is 9.66. The molecule has 1 atom stereocenters. The molecule has 2 aromatic rings. The van der Waals surface area contributed by atoms with E-state index in [0.29, 0.717) is 31.7 Å². The number of rotatable bonds is 5. The average Bonchev–Trinajstić information content (AvgIpc) is 2.74. The molecule has 0 N–H and O–H groups in total. The van der Waals surface area contributed by atoms with Gasteiger partial charge in [-0.3, -0.25) is 14.4 Å². The van der Waals surface area contributed by atoms with Gasteiger partial charge in [0.25, 0.3) is 11.5 Å². The van der Waals surface area contributed by atoms with Crippen LogP contribution in [0, 0.1) is 12.8 Å². The molecule has 1 aliphatic heterocycles. The van der Waals surface area contributed by atoms with Crippen molar-refractivity contribution in [1.82, 2.24) is 14.7 Å². The summed E-state index contributed by atoms with van der Waals surface area (Å²) in [7, 11) is 1.39. The molecule has 0 radical (unpaired) electrons. The summed E-state index contributed by atoms with van der Waals surface area (Å²) in [5, 5.41) is 4.30. The zero-order valence-corrected chi connectivity index (χ0v) is 16.9. The van der Waals surface area contributed by atoms with E-state index in [2.05, 4.69) is 5.10 Å². The lowest BCUT2D eigenvalue weighted by molar-refractivity contribution is -0.149. The summed E-state index contributed by atoms with van der Waals surface area (Å²) in [5.74, 6) is -0.922. The van der Waals surface area contributed by atoms with E-state index in [1.165, 1.54) is 17.9 Å². The normalized spacial score (nSPS) is 16.4. The Bertz CT molecular complexity index is 952. The zero-order valence-electron chi connectivity index (χ0n) is 16.9. The maximum absolute atomic E-state index is 13.2. The summed E-state index contributed by atoms with van der Waals surface area (Å²) in [6.07, 6.45) is 1.37. The Balaban J connectivity index is 1.93. The SMILES string of the molecule is CCOC(=O)[C@@H]1CCCN(C(=O)c2nn(-c3ccc(C)cc3)c(=O)cc2OC)C1. The number of methoxy groups -OCH3 is 1. The number of amides is 1. The van der Waals surface area contributed by atoms with Gasteiger partial charge in [-0.05, 0) is 38.8 Å². The number of ether oxygens (including phenoxy) is 2. The van der Waals surface area contributed by atoms with Crippen molar-refractivity contribution in [2.24, 2.45) is 5.92 Å². The van der Waals surface area contributed by atoms with E-state index < -0.39 is 5.56 Å². The number of aromatic nitrogens is 2. The summed E-state index contributed by atoms with van der Waals surface area (Å²) in [6, 6.07) is 8.52. The predicted molar refractivity (Wildman–Crippen MR) is 106 cm³/mol. The molecule has 3 rings (SSSR count). The molecule has 1 aliphatic rings. The first kappa shape index (κ1) is 20.6. The van der Waals surface area contributed by atoms with Crippen molar-refractivity contribution in [3.8, 4) is 11.4 Å². The van der Waals surface area contributed by atoms with Gasteiger partial charge < -0.3 is 14.4 Å². The molecule has 1 saturated heterocycles. The Labute approximate surface area is 169 Å². The van der Waals surface area contributed by atoms with Crippen molar-refractivity contribution in [3.05, 3.63) is 51.9 Å². The Hall–Kier alpha value is -3.16. The van der Waals surface area contributed by atoms with Gasteiger partial charge in [-0.15, -0.1) is 0 Å². The third-order valence-corrected chi connectivity index (χ3v) is 4.93. The quantitative estimate of drug-likeness (QED) is 0.714. The van der Waals surface area contributed by atoms with Crippen LogP contribution in [0.3, 0.4) is 0 Å². The van der Waals surface area contributed by atoms with Crippen LogP contribution in [0.25, 0.3) is 5.69 Å². The van der Waals surface area contributed by atoms with Crippen LogP contribution in [0.2, 0.25) is 0 Å². The van der Waals surface area contributed by atoms with Crippen LogP contribution in [-0.4, -0.2) is 53.4 Å². The lowest BCUT2D eigenvalue weighted by Crippen LogP contribution is -2.43. The Morgan fingerprint density at radius 2 is 1.97 bits per heavy atom. The van der Waals surface area contributed by atoms with Crippen LogP contribution in [0.1, 0.15) is 35.8 Å². The zero-order chi connectivity index (χ0) is 21.0. The minimum Gasteiger partial charge on any atom is -0.494 e. The standard InChI is InChI=1S/C21H25N3O5/c1-4-29-21(27)15-6-5-11-23(13-15)20(26)19-17(28-3)12-18(25)24(22-19)16-9-7-14(2)8-10-16/h7-10,12,15H,4-6,11,13H2,1-3H3/t15-/m1/s1. The number of piperidine rings is 1. The molecular formula is C21H25N3O5. The maximum Gasteiger partial charge on any atom is 0.310 e. The second-order valence-electron chi connectivity index (χ2n) is 6.99. The molecule has 0 aliphatic carbocycles. The Morgan fingerprint density at radius 3 is 2.62 bits per heavy atom. The maximum atomic E-state index is 13.2. The number of nitrogens with zero attached hydrogens (tertiary/aromatic N) is 3. The number of likely N-dealkylation sites (tertiary alicyclic amines) is 1. The molecule has 2 heterocycles.